The van der Waals surface area contributed by atoms with Crippen molar-refractivity contribution in [2.24, 2.45) is 4.74 Å². The molecule has 3 atom stereocenters. The van der Waals surface area contributed by atoms with Gasteiger partial charge in [-0.1, -0.05) is 97.3 Å². The van der Waals surface area contributed by atoms with E-state index in [9.17, 15) is 0 Å². The van der Waals surface area contributed by atoms with Crippen molar-refractivity contribution in [2.75, 3.05) is 0 Å². The topological polar surface area (TPSA) is 12.4 Å². The smallest absolute Gasteiger partial charge is 0.0425 e. The molecule has 1 rings (SSSR count). The second-order valence-electron chi connectivity index (χ2n) is 8.15. The van der Waals surface area contributed by atoms with Crippen molar-refractivity contribution in [3.8, 4) is 0 Å². The van der Waals surface area contributed by atoms with E-state index in [-0.39, 0.29) is 21.7 Å². The summed E-state index contributed by atoms with van der Waals surface area (Å²) >= 11 is 0. The largest absolute Gasteiger partial charge is 0.271 e. The van der Waals surface area contributed by atoms with Crippen LogP contribution in [0.5, 0.6) is 0 Å². The van der Waals surface area contributed by atoms with Crippen molar-refractivity contribution < 1.29 is 21.7 Å². The van der Waals surface area contributed by atoms with Gasteiger partial charge in [0, 0.05) is 33.8 Å². The van der Waals surface area contributed by atoms with Gasteiger partial charge in [-0.3, -0.25) is 4.74 Å². The van der Waals surface area contributed by atoms with Gasteiger partial charge in [-0.15, -0.1) is 0 Å². The summed E-state index contributed by atoms with van der Waals surface area (Å²) in [7, 11) is -1.35. The van der Waals surface area contributed by atoms with Crippen molar-refractivity contribution in [3.05, 3.63) is 48.2 Å². The Hall–Kier alpha value is -0.0957. The van der Waals surface area contributed by atoms with Crippen molar-refractivity contribution in [1.29, 1.82) is 0 Å². The first-order chi connectivity index (χ1) is 13.4. The van der Waals surface area contributed by atoms with E-state index in [2.05, 4.69) is 59.8 Å². The van der Waals surface area contributed by atoms with E-state index in [0.717, 1.165) is 23.4 Å². The zero-order valence-electron chi connectivity index (χ0n) is 20.6. The Morgan fingerprint density at radius 1 is 0.862 bits per heavy atom. The Kier molecular flexibility index (Phi) is 20.0. The predicted octanol–water partition coefficient (Wildman–Crippen LogP) is 9.73. The van der Waals surface area contributed by atoms with Gasteiger partial charge in [0.05, 0.1) is 0 Å². The fourth-order valence-corrected chi connectivity index (χ4v) is 10.2. The number of hydrogen-bond acceptors (Lipinski definition) is 1. The zero-order valence-corrected chi connectivity index (χ0v) is 23.1. The molecule has 0 aromatic rings. The van der Waals surface area contributed by atoms with Crippen LogP contribution in [0.15, 0.2) is 53.0 Å². The second-order valence-corrected chi connectivity index (χ2v) is 12.6. The third-order valence-electron chi connectivity index (χ3n) is 5.79. The van der Waals surface area contributed by atoms with Crippen LogP contribution in [0, 0.1) is 0 Å². The fraction of sp³-hybridized carbons (Fsp3) is 0.692. The van der Waals surface area contributed by atoms with Crippen molar-refractivity contribution in [3.63, 3.8) is 0 Å². The molecule has 0 aliphatic heterocycles. The molecule has 3 unspecified atom stereocenters. The summed E-state index contributed by atoms with van der Waals surface area (Å²) in [6.45, 7) is 18.5. The van der Waals surface area contributed by atoms with Crippen LogP contribution in [-0.4, -0.2) is 17.0 Å². The maximum Gasteiger partial charge on any atom is 0.0425 e. The molecule has 166 valence electrons. The van der Waals surface area contributed by atoms with Crippen LogP contribution in [0.25, 0.3) is 0 Å². The summed E-state index contributed by atoms with van der Waals surface area (Å²) in [5.74, 6) is 0. The predicted molar refractivity (Wildman–Crippen MR) is 134 cm³/mol. The standard InChI is InChI=1S/C20H38NP.C6H10.Ti/c1-7-12-17(4)22(18(5)13-8-2,19(6)14-9-3)21-20-15-10-11-16-20;1-3-5-6-4-2;/h10-11,15,17-19H,7-9,12-14,16H2,1-6H3;3-6H,1-2H3;. The van der Waals surface area contributed by atoms with Crippen LogP contribution in [0.1, 0.15) is 100 Å². The molecular formula is C26H48NPTi. The number of rotatable bonds is 11. The molecule has 0 spiro atoms. The van der Waals surface area contributed by atoms with Crippen LogP contribution in [0.3, 0.4) is 0 Å². The Morgan fingerprint density at radius 2 is 1.28 bits per heavy atom. The van der Waals surface area contributed by atoms with Gasteiger partial charge >= 0.3 is 0 Å². The Balaban J connectivity index is 0. The summed E-state index contributed by atoms with van der Waals surface area (Å²) < 4.78 is 5.57. The number of allylic oxidation sites excluding steroid dienone is 7. The second kappa shape index (κ2) is 18.7. The maximum absolute atomic E-state index is 5.57. The first kappa shape index (κ1) is 31.1. The van der Waals surface area contributed by atoms with E-state index in [1.165, 1.54) is 44.2 Å². The Morgan fingerprint density at radius 3 is 1.55 bits per heavy atom. The van der Waals surface area contributed by atoms with Gasteiger partial charge in [0.2, 0.25) is 0 Å². The Bertz CT molecular complexity index is 523. The normalized spacial score (nSPS) is 18.4. The van der Waals surface area contributed by atoms with Crippen molar-refractivity contribution >= 4 is 7.05 Å². The van der Waals surface area contributed by atoms with Gasteiger partial charge in [0.1, 0.15) is 0 Å². The summed E-state index contributed by atoms with van der Waals surface area (Å²) in [6, 6.07) is 0. The van der Waals surface area contributed by atoms with Gasteiger partial charge in [0.25, 0.3) is 0 Å². The summed E-state index contributed by atoms with van der Waals surface area (Å²) in [5, 5.41) is 0. The molecule has 0 heterocycles. The van der Waals surface area contributed by atoms with E-state index in [1.807, 2.05) is 38.2 Å². The van der Waals surface area contributed by atoms with Gasteiger partial charge in [-0.05, 0) is 63.2 Å². The summed E-state index contributed by atoms with van der Waals surface area (Å²) in [4.78, 5) is 0. The molecule has 0 saturated carbocycles. The third kappa shape index (κ3) is 10.7. The third-order valence-corrected chi connectivity index (χ3v) is 11.4. The van der Waals surface area contributed by atoms with Crippen LogP contribution in [-0.2, 0) is 21.7 Å². The summed E-state index contributed by atoms with van der Waals surface area (Å²) in [5.41, 5.74) is 3.65. The minimum atomic E-state index is -1.35. The fourth-order valence-electron chi connectivity index (χ4n) is 4.43. The molecule has 1 aliphatic rings. The van der Waals surface area contributed by atoms with Crippen LogP contribution >= 0.6 is 7.05 Å². The van der Waals surface area contributed by atoms with Crippen LogP contribution in [0.4, 0.5) is 0 Å². The van der Waals surface area contributed by atoms with Gasteiger partial charge in [-0.2, -0.15) is 0 Å². The van der Waals surface area contributed by atoms with E-state index in [0.29, 0.717) is 0 Å². The molecule has 0 fully saturated rings. The molecule has 1 aliphatic carbocycles. The molecule has 0 bridgehead atoms. The number of hydrogen-bond donors (Lipinski definition) is 0. The Labute approximate surface area is 198 Å². The molecule has 0 saturated heterocycles. The van der Waals surface area contributed by atoms with E-state index in [1.54, 1.807) is 0 Å². The average Bonchev–Trinajstić information content (AvgIpc) is 3.18. The molecule has 3 heteroatoms. The first-order valence-corrected chi connectivity index (χ1v) is 13.6. The molecule has 1 nitrogen and oxygen atoms in total. The molecule has 0 amide bonds. The molecular weight excluding hydrogens is 405 g/mol. The van der Waals surface area contributed by atoms with Crippen LogP contribution < -0.4 is 0 Å². The van der Waals surface area contributed by atoms with Gasteiger partial charge in [-0.25, -0.2) is 0 Å². The quantitative estimate of drug-likeness (QED) is 0.168. The summed E-state index contributed by atoms with van der Waals surface area (Å²) in [6.07, 6.45) is 23.6. The van der Waals surface area contributed by atoms with Crippen molar-refractivity contribution in [1.82, 2.24) is 0 Å². The van der Waals surface area contributed by atoms with Crippen molar-refractivity contribution in [2.45, 2.75) is 117 Å². The van der Waals surface area contributed by atoms with E-state index >= 15 is 0 Å². The molecule has 0 aromatic heterocycles. The molecule has 0 radical (unpaired) electrons. The SMILES string of the molecule is CC=CC=CC.CCCC(C)P(=NC1=CC=CC1)(C(C)CCC)C(C)CCC.[Ti]. The van der Waals surface area contributed by atoms with Gasteiger partial charge in [0.15, 0.2) is 0 Å². The average molecular weight is 454 g/mol. The molecule has 29 heavy (non-hydrogen) atoms. The molecule has 0 aromatic carbocycles. The van der Waals surface area contributed by atoms with Crippen LogP contribution in [0.2, 0.25) is 0 Å². The number of nitrogens with zero attached hydrogens (tertiary/aromatic N) is 1. The van der Waals surface area contributed by atoms with Gasteiger partial charge < -0.3 is 0 Å². The van der Waals surface area contributed by atoms with E-state index in [4.69, 9.17) is 4.74 Å². The minimum absolute atomic E-state index is 0. The zero-order chi connectivity index (χ0) is 21.4. The first-order valence-electron chi connectivity index (χ1n) is 11.6. The monoisotopic (exact) mass is 453 g/mol. The molecule has 0 N–H and O–H groups in total. The maximum atomic E-state index is 5.57. The minimum Gasteiger partial charge on any atom is -0.271 e. The van der Waals surface area contributed by atoms with E-state index < -0.39 is 7.05 Å².